The van der Waals surface area contributed by atoms with Crippen molar-refractivity contribution in [3.63, 3.8) is 0 Å². The summed E-state index contributed by atoms with van der Waals surface area (Å²) in [5.74, 6) is 1.67. The van der Waals surface area contributed by atoms with Gasteiger partial charge in [0.05, 0.1) is 0 Å². The highest BCUT2D eigenvalue weighted by atomic mass is 15.2. The van der Waals surface area contributed by atoms with Crippen LogP contribution in [0.4, 0.5) is 5.82 Å². The van der Waals surface area contributed by atoms with E-state index in [1.54, 1.807) is 0 Å². The molecule has 0 aliphatic carbocycles. The maximum absolute atomic E-state index is 4.72. The smallest absolute Gasteiger partial charge is 0.129 e. The third kappa shape index (κ3) is 2.39. The van der Waals surface area contributed by atoms with Crippen LogP contribution < -0.4 is 4.90 Å². The predicted molar refractivity (Wildman–Crippen MR) is 86.4 cm³/mol. The SMILES string of the molecule is CC(C)c1cccc2cc(N3CCC(C)(C)C3)ncc12. The van der Waals surface area contributed by atoms with Gasteiger partial charge in [-0.2, -0.15) is 0 Å². The quantitative estimate of drug-likeness (QED) is 0.791. The second kappa shape index (κ2) is 4.76. The number of fused-ring (bicyclic) bond motifs is 1. The summed E-state index contributed by atoms with van der Waals surface area (Å²) >= 11 is 0. The molecular formula is C18H24N2. The Morgan fingerprint density at radius 3 is 2.70 bits per heavy atom. The highest BCUT2D eigenvalue weighted by Crippen LogP contribution is 2.33. The summed E-state index contributed by atoms with van der Waals surface area (Å²) in [7, 11) is 0. The van der Waals surface area contributed by atoms with Crippen molar-refractivity contribution in [1.82, 2.24) is 4.98 Å². The van der Waals surface area contributed by atoms with Gasteiger partial charge in [-0.05, 0) is 34.8 Å². The number of pyridine rings is 1. The summed E-state index contributed by atoms with van der Waals surface area (Å²) in [4.78, 5) is 7.14. The van der Waals surface area contributed by atoms with Crippen LogP contribution in [-0.4, -0.2) is 18.1 Å². The van der Waals surface area contributed by atoms with Crippen molar-refractivity contribution in [3.05, 3.63) is 36.0 Å². The van der Waals surface area contributed by atoms with Gasteiger partial charge in [0.25, 0.3) is 0 Å². The molecule has 1 aliphatic heterocycles. The minimum Gasteiger partial charge on any atom is -0.356 e. The van der Waals surface area contributed by atoms with E-state index in [0.29, 0.717) is 11.3 Å². The summed E-state index contributed by atoms with van der Waals surface area (Å²) in [5, 5.41) is 2.61. The van der Waals surface area contributed by atoms with Gasteiger partial charge in [0, 0.05) is 24.7 Å². The lowest BCUT2D eigenvalue weighted by Gasteiger charge is -2.21. The highest BCUT2D eigenvalue weighted by molar-refractivity contribution is 5.87. The second-order valence-corrected chi connectivity index (χ2v) is 7.10. The second-order valence-electron chi connectivity index (χ2n) is 7.10. The van der Waals surface area contributed by atoms with E-state index in [1.807, 2.05) is 0 Å². The van der Waals surface area contributed by atoms with Gasteiger partial charge in [-0.15, -0.1) is 0 Å². The van der Waals surface area contributed by atoms with Crippen LogP contribution in [0.3, 0.4) is 0 Å². The lowest BCUT2D eigenvalue weighted by Crippen LogP contribution is -2.23. The van der Waals surface area contributed by atoms with Crippen LogP contribution in [0.25, 0.3) is 10.8 Å². The zero-order valence-corrected chi connectivity index (χ0v) is 13.0. The van der Waals surface area contributed by atoms with Crippen LogP contribution >= 0.6 is 0 Å². The van der Waals surface area contributed by atoms with Crippen molar-refractivity contribution in [3.8, 4) is 0 Å². The molecule has 2 nitrogen and oxygen atoms in total. The van der Waals surface area contributed by atoms with Gasteiger partial charge in [-0.3, -0.25) is 0 Å². The molecule has 20 heavy (non-hydrogen) atoms. The molecular weight excluding hydrogens is 244 g/mol. The fourth-order valence-corrected chi connectivity index (χ4v) is 3.17. The summed E-state index contributed by atoms with van der Waals surface area (Å²) in [6.07, 6.45) is 3.31. The molecule has 1 saturated heterocycles. The molecule has 0 bridgehead atoms. The summed E-state index contributed by atoms with van der Waals surface area (Å²) in [6.45, 7) is 11.4. The molecule has 0 radical (unpaired) electrons. The van der Waals surface area contributed by atoms with Crippen LogP contribution in [-0.2, 0) is 0 Å². The number of benzene rings is 1. The first-order valence-corrected chi connectivity index (χ1v) is 7.60. The number of aromatic nitrogens is 1. The Morgan fingerprint density at radius 1 is 1.25 bits per heavy atom. The van der Waals surface area contributed by atoms with Crippen molar-refractivity contribution in [2.45, 2.75) is 40.0 Å². The lowest BCUT2D eigenvalue weighted by molar-refractivity contribution is 0.418. The van der Waals surface area contributed by atoms with Crippen LogP contribution in [0, 0.1) is 5.41 Å². The van der Waals surface area contributed by atoms with E-state index < -0.39 is 0 Å². The molecule has 0 amide bonds. The Labute approximate surface area is 121 Å². The summed E-state index contributed by atoms with van der Waals surface area (Å²) in [5.41, 5.74) is 1.81. The monoisotopic (exact) mass is 268 g/mol. The van der Waals surface area contributed by atoms with Gasteiger partial charge >= 0.3 is 0 Å². The molecule has 0 unspecified atom stereocenters. The summed E-state index contributed by atoms with van der Waals surface area (Å²) < 4.78 is 0. The largest absolute Gasteiger partial charge is 0.356 e. The molecule has 2 heteroatoms. The van der Waals surface area contributed by atoms with Crippen LogP contribution in [0.15, 0.2) is 30.5 Å². The Kier molecular flexibility index (Phi) is 3.19. The zero-order valence-electron chi connectivity index (χ0n) is 13.0. The number of hydrogen-bond donors (Lipinski definition) is 0. The fraction of sp³-hybridized carbons (Fsp3) is 0.500. The van der Waals surface area contributed by atoms with E-state index in [2.05, 4.69) is 63.1 Å². The third-order valence-electron chi connectivity index (χ3n) is 4.41. The highest BCUT2D eigenvalue weighted by Gasteiger charge is 2.29. The molecule has 0 saturated carbocycles. The van der Waals surface area contributed by atoms with Crippen molar-refractivity contribution in [1.29, 1.82) is 0 Å². The van der Waals surface area contributed by atoms with Crippen LogP contribution in [0.1, 0.15) is 45.6 Å². The maximum atomic E-state index is 4.72. The predicted octanol–water partition coefficient (Wildman–Crippen LogP) is 4.59. The van der Waals surface area contributed by atoms with Gasteiger partial charge in [0.15, 0.2) is 0 Å². The van der Waals surface area contributed by atoms with E-state index >= 15 is 0 Å². The van der Waals surface area contributed by atoms with E-state index in [4.69, 9.17) is 4.98 Å². The fourth-order valence-electron chi connectivity index (χ4n) is 3.17. The van der Waals surface area contributed by atoms with E-state index in [9.17, 15) is 0 Å². The minimum atomic E-state index is 0.413. The van der Waals surface area contributed by atoms with Gasteiger partial charge < -0.3 is 4.90 Å². The number of hydrogen-bond acceptors (Lipinski definition) is 2. The minimum absolute atomic E-state index is 0.413. The Balaban J connectivity index is 2.00. The molecule has 0 spiro atoms. The standard InChI is InChI=1S/C18H24N2/c1-13(2)15-7-5-6-14-10-17(19-11-16(14)15)20-9-8-18(3,4)12-20/h5-7,10-11,13H,8-9,12H2,1-4H3. The molecule has 2 aromatic rings. The molecule has 2 heterocycles. The van der Waals surface area contributed by atoms with E-state index in [-0.39, 0.29) is 0 Å². The lowest BCUT2D eigenvalue weighted by atomic mass is 9.93. The van der Waals surface area contributed by atoms with Crippen molar-refractivity contribution in [2.75, 3.05) is 18.0 Å². The number of rotatable bonds is 2. The topological polar surface area (TPSA) is 16.1 Å². The van der Waals surface area contributed by atoms with Crippen molar-refractivity contribution >= 4 is 16.6 Å². The van der Waals surface area contributed by atoms with Gasteiger partial charge in [-0.1, -0.05) is 45.9 Å². The van der Waals surface area contributed by atoms with Gasteiger partial charge in [-0.25, -0.2) is 4.98 Å². The first kappa shape index (κ1) is 13.4. The van der Waals surface area contributed by atoms with Gasteiger partial charge in [0.2, 0.25) is 0 Å². The Morgan fingerprint density at radius 2 is 2.05 bits per heavy atom. The normalized spacial score (nSPS) is 18.1. The first-order valence-electron chi connectivity index (χ1n) is 7.60. The van der Waals surface area contributed by atoms with E-state index in [0.717, 1.165) is 18.9 Å². The Bertz CT molecular complexity index is 628. The van der Waals surface area contributed by atoms with Crippen LogP contribution in [0.5, 0.6) is 0 Å². The summed E-state index contributed by atoms with van der Waals surface area (Å²) in [6, 6.07) is 8.83. The van der Waals surface area contributed by atoms with Gasteiger partial charge in [0.1, 0.15) is 5.82 Å². The molecule has 1 fully saturated rings. The average Bonchev–Trinajstić information content (AvgIpc) is 2.77. The number of nitrogens with zero attached hydrogens (tertiary/aromatic N) is 2. The molecule has 1 aromatic carbocycles. The first-order chi connectivity index (χ1) is 9.46. The van der Waals surface area contributed by atoms with Crippen molar-refractivity contribution < 1.29 is 0 Å². The molecule has 3 rings (SSSR count). The molecule has 1 aliphatic rings. The molecule has 106 valence electrons. The number of anilines is 1. The van der Waals surface area contributed by atoms with Crippen LogP contribution in [0.2, 0.25) is 0 Å². The Hall–Kier alpha value is -1.57. The average molecular weight is 268 g/mol. The zero-order chi connectivity index (χ0) is 14.3. The molecule has 1 aromatic heterocycles. The molecule has 0 atom stereocenters. The van der Waals surface area contributed by atoms with Crippen molar-refractivity contribution in [2.24, 2.45) is 5.41 Å². The third-order valence-corrected chi connectivity index (χ3v) is 4.41. The van der Waals surface area contributed by atoms with E-state index in [1.165, 1.54) is 22.8 Å². The maximum Gasteiger partial charge on any atom is 0.129 e. The molecule has 0 N–H and O–H groups in total.